The average molecular weight is 516 g/mol. The van der Waals surface area contributed by atoms with E-state index in [1.54, 1.807) is 13.8 Å². The fourth-order valence-electron chi connectivity index (χ4n) is 2.94. The van der Waals surface area contributed by atoms with Crippen LogP contribution in [0.3, 0.4) is 0 Å². The molecule has 0 spiro atoms. The van der Waals surface area contributed by atoms with Crippen molar-refractivity contribution in [2.45, 2.75) is 70.1 Å². The number of nitrogens with zero attached hydrogens (tertiary/aromatic N) is 1. The van der Waals surface area contributed by atoms with E-state index >= 15 is 0 Å². The van der Waals surface area contributed by atoms with Gasteiger partial charge < -0.3 is 49.7 Å². The third kappa shape index (κ3) is 13.1. The van der Waals surface area contributed by atoms with Gasteiger partial charge >= 0.3 is 5.97 Å². The Bertz CT molecular complexity index is 843. The summed E-state index contributed by atoms with van der Waals surface area (Å²) in [4.78, 5) is 75.6. The highest BCUT2D eigenvalue weighted by atomic mass is 16.4. The lowest BCUT2D eigenvalue weighted by Crippen LogP contribution is -2.58. The van der Waals surface area contributed by atoms with E-state index < -0.39 is 72.0 Å². The zero-order chi connectivity index (χ0) is 28.0. The summed E-state index contributed by atoms with van der Waals surface area (Å²) in [6, 6.07) is -5.13. The molecule has 0 aromatic rings. The highest BCUT2D eigenvalue weighted by Crippen LogP contribution is 2.07. The van der Waals surface area contributed by atoms with Gasteiger partial charge in [-0.15, -0.1) is 0 Å². The van der Waals surface area contributed by atoms with Gasteiger partial charge in [0.2, 0.25) is 29.5 Å². The van der Waals surface area contributed by atoms with E-state index in [1.165, 1.54) is 0 Å². The first-order valence-corrected chi connectivity index (χ1v) is 11.2. The van der Waals surface area contributed by atoms with Gasteiger partial charge in [-0.1, -0.05) is 13.8 Å². The van der Waals surface area contributed by atoms with E-state index in [1.807, 2.05) is 0 Å². The molecule has 0 saturated carbocycles. The second-order valence-electron chi connectivity index (χ2n) is 8.42. The normalized spacial score (nSPS) is 14.0. The fraction of sp³-hybridized carbons (Fsp3) is 0.650. The van der Waals surface area contributed by atoms with Crippen LogP contribution < -0.4 is 44.6 Å². The lowest BCUT2D eigenvalue weighted by atomic mass is 10.0. The van der Waals surface area contributed by atoms with Crippen LogP contribution in [0.4, 0.5) is 0 Å². The molecule has 5 amide bonds. The van der Waals surface area contributed by atoms with Crippen LogP contribution in [0.2, 0.25) is 0 Å². The Morgan fingerprint density at radius 1 is 0.806 bits per heavy atom. The topological polar surface area (TPSA) is 301 Å². The highest BCUT2D eigenvalue weighted by molar-refractivity contribution is 5.95. The van der Waals surface area contributed by atoms with Crippen LogP contribution in [0.1, 0.15) is 46.0 Å². The number of hydrogen-bond acceptors (Lipinski definition) is 8. The summed E-state index contributed by atoms with van der Waals surface area (Å²) >= 11 is 0. The summed E-state index contributed by atoms with van der Waals surface area (Å²) in [6.45, 7) is 3.54. The molecule has 4 atom stereocenters. The molecule has 0 aliphatic carbocycles. The van der Waals surface area contributed by atoms with Crippen LogP contribution in [0.5, 0.6) is 0 Å². The molecule has 0 aromatic carbocycles. The molecule has 0 fully saturated rings. The van der Waals surface area contributed by atoms with Crippen molar-refractivity contribution in [3.05, 3.63) is 0 Å². The smallest absolute Gasteiger partial charge is 0.326 e. The molecule has 0 aromatic heterocycles. The number of primary amides is 2. The van der Waals surface area contributed by atoms with Gasteiger partial charge in [-0.3, -0.25) is 29.0 Å². The largest absolute Gasteiger partial charge is 0.480 e. The van der Waals surface area contributed by atoms with Gasteiger partial charge in [0.1, 0.15) is 18.1 Å². The van der Waals surface area contributed by atoms with E-state index in [0.717, 1.165) is 0 Å². The zero-order valence-corrected chi connectivity index (χ0v) is 20.4. The van der Waals surface area contributed by atoms with Crippen molar-refractivity contribution in [1.82, 2.24) is 16.0 Å². The molecule has 4 unspecified atom stereocenters. The van der Waals surface area contributed by atoms with Gasteiger partial charge in [-0.25, -0.2) is 4.79 Å². The molecule has 0 saturated heterocycles. The van der Waals surface area contributed by atoms with Gasteiger partial charge in [0.15, 0.2) is 5.96 Å². The Morgan fingerprint density at radius 3 is 1.86 bits per heavy atom. The van der Waals surface area contributed by atoms with Crippen molar-refractivity contribution in [2.75, 3.05) is 6.54 Å². The third-order valence-corrected chi connectivity index (χ3v) is 4.88. The number of nitrogens with one attached hydrogen (secondary N) is 3. The first-order chi connectivity index (χ1) is 16.6. The number of carbonyl (C=O) groups is 6. The van der Waals surface area contributed by atoms with Crippen LogP contribution >= 0.6 is 0 Å². The summed E-state index contributed by atoms with van der Waals surface area (Å²) in [7, 11) is 0. The monoisotopic (exact) mass is 515 g/mol. The molecule has 0 heterocycles. The number of carbonyl (C=O) groups excluding carboxylic acids is 5. The Labute approximate surface area is 208 Å². The van der Waals surface area contributed by atoms with Crippen molar-refractivity contribution in [3.63, 3.8) is 0 Å². The number of aliphatic imine (C=N–C) groups is 1. The van der Waals surface area contributed by atoms with Gasteiger partial charge in [0.05, 0.1) is 12.5 Å². The molecule has 0 bridgehead atoms. The first kappa shape index (κ1) is 32.0. The SMILES string of the molecule is CC(C)C(NC(=O)C(N)CCCN=C(N)N)C(=O)NC(CCC(N)=O)C(=O)NC(CC(N)=O)C(=O)O. The summed E-state index contributed by atoms with van der Waals surface area (Å²) in [5.41, 5.74) is 26.5. The van der Waals surface area contributed by atoms with E-state index in [-0.39, 0.29) is 31.8 Å². The first-order valence-electron chi connectivity index (χ1n) is 11.2. The number of carboxylic acid groups (broad SMARTS) is 1. The summed E-state index contributed by atoms with van der Waals surface area (Å²) < 4.78 is 0. The Kier molecular flexibility index (Phi) is 14.1. The molecular formula is C20H37N9O7. The molecule has 204 valence electrons. The van der Waals surface area contributed by atoms with Gasteiger partial charge in [-0.2, -0.15) is 0 Å². The summed E-state index contributed by atoms with van der Waals surface area (Å²) in [6.07, 6.45) is -0.626. The Hall–Kier alpha value is -3.95. The minimum Gasteiger partial charge on any atom is -0.480 e. The predicted octanol–water partition coefficient (Wildman–Crippen LogP) is -4.30. The molecule has 0 rings (SSSR count). The van der Waals surface area contributed by atoms with E-state index in [2.05, 4.69) is 20.9 Å². The number of nitrogens with two attached hydrogens (primary N) is 5. The lowest BCUT2D eigenvalue weighted by molar-refractivity contribution is -0.144. The van der Waals surface area contributed by atoms with Crippen molar-refractivity contribution in [3.8, 4) is 0 Å². The standard InChI is InChI=1S/C20H37N9O7/c1-9(2)15(29-16(32)10(21)4-3-7-26-20(24)25)18(34)27-11(5-6-13(22)30)17(33)28-12(19(35)36)8-14(23)31/h9-12,15H,3-8,21H2,1-2H3,(H2,22,30)(H2,23,31)(H,27,34)(H,28,33)(H,29,32)(H,35,36)(H4,24,25,26). The maximum atomic E-state index is 12.9. The maximum Gasteiger partial charge on any atom is 0.326 e. The molecule has 16 heteroatoms. The van der Waals surface area contributed by atoms with Crippen LogP contribution in [0, 0.1) is 5.92 Å². The number of amides is 5. The molecule has 0 aliphatic rings. The number of carboxylic acids is 1. The fourth-order valence-corrected chi connectivity index (χ4v) is 2.94. The van der Waals surface area contributed by atoms with Gasteiger partial charge in [0, 0.05) is 13.0 Å². The predicted molar refractivity (Wildman–Crippen MR) is 128 cm³/mol. The molecule has 16 nitrogen and oxygen atoms in total. The number of hydrogen-bond donors (Lipinski definition) is 9. The van der Waals surface area contributed by atoms with Gasteiger partial charge in [-0.05, 0) is 25.2 Å². The van der Waals surface area contributed by atoms with E-state index in [4.69, 9.17) is 28.7 Å². The Morgan fingerprint density at radius 2 is 1.39 bits per heavy atom. The quantitative estimate of drug-likeness (QED) is 0.0509. The molecular weight excluding hydrogens is 478 g/mol. The minimum atomic E-state index is -1.65. The van der Waals surface area contributed by atoms with Crippen LogP contribution in [-0.2, 0) is 28.8 Å². The summed E-state index contributed by atoms with van der Waals surface area (Å²) in [5.74, 6) is -6.19. The average Bonchev–Trinajstić information content (AvgIpc) is 2.75. The maximum absolute atomic E-state index is 12.9. The second-order valence-corrected chi connectivity index (χ2v) is 8.42. The number of guanidine groups is 1. The van der Waals surface area contributed by atoms with E-state index in [9.17, 15) is 33.9 Å². The molecule has 36 heavy (non-hydrogen) atoms. The summed E-state index contributed by atoms with van der Waals surface area (Å²) in [5, 5.41) is 16.2. The van der Waals surface area contributed by atoms with Crippen LogP contribution in [0.15, 0.2) is 4.99 Å². The second kappa shape index (κ2) is 15.9. The van der Waals surface area contributed by atoms with Crippen molar-refractivity contribution >= 4 is 41.5 Å². The molecule has 14 N–H and O–H groups in total. The molecule has 0 radical (unpaired) electrons. The lowest BCUT2D eigenvalue weighted by Gasteiger charge is -2.26. The van der Waals surface area contributed by atoms with Crippen molar-refractivity contribution in [2.24, 2.45) is 39.6 Å². The van der Waals surface area contributed by atoms with Crippen molar-refractivity contribution in [1.29, 1.82) is 0 Å². The third-order valence-electron chi connectivity index (χ3n) is 4.88. The highest BCUT2D eigenvalue weighted by Gasteiger charge is 2.32. The zero-order valence-electron chi connectivity index (χ0n) is 20.4. The van der Waals surface area contributed by atoms with Gasteiger partial charge in [0.25, 0.3) is 0 Å². The van der Waals surface area contributed by atoms with E-state index in [0.29, 0.717) is 6.42 Å². The Balaban J connectivity index is 5.41. The van der Waals surface area contributed by atoms with Crippen molar-refractivity contribution < 1.29 is 33.9 Å². The number of aliphatic carboxylic acids is 1. The van der Waals surface area contributed by atoms with Crippen LogP contribution in [-0.4, -0.2) is 77.3 Å². The minimum absolute atomic E-state index is 0.0937. The molecule has 0 aliphatic heterocycles. The number of rotatable bonds is 17. The van der Waals surface area contributed by atoms with Crippen LogP contribution in [0.25, 0.3) is 0 Å².